The SMILES string of the molecule is CCC(C)C(C)CC(C)C1NCC(C)[N+]1=O. The van der Waals surface area contributed by atoms with Gasteiger partial charge in [-0.3, -0.25) is 0 Å². The van der Waals surface area contributed by atoms with E-state index in [1.165, 1.54) is 11.2 Å². The summed E-state index contributed by atoms with van der Waals surface area (Å²) >= 11 is 0. The second kappa shape index (κ2) is 5.76. The zero-order valence-corrected chi connectivity index (χ0v) is 11.4. The highest BCUT2D eigenvalue weighted by atomic mass is 16.3. The van der Waals surface area contributed by atoms with Gasteiger partial charge in [-0.1, -0.05) is 34.1 Å². The first-order valence-corrected chi connectivity index (χ1v) is 6.66. The number of hydrogen-bond acceptors (Lipinski definition) is 2. The van der Waals surface area contributed by atoms with Gasteiger partial charge in [0.15, 0.2) is 0 Å². The van der Waals surface area contributed by atoms with Crippen LogP contribution in [-0.2, 0) is 0 Å². The van der Waals surface area contributed by atoms with E-state index in [2.05, 4.69) is 33.0 Å². The molecule has 0 aromatic heterocycles. The zero-order chi connectivity index (χ0) is 12.3. The van der Waals surface area contributed by atoms with Gasteiger partial charge in [-0.05, 0) is 18.3 Å². The van der Waals surface area contributed by atoms with Gasteiger partial charge < -0.3 is 0 Å². The maximum Gasteiger partial charge on any atom is 0.257 e. The predicted octanol–water partition coefficient (Wildman–Crippen LogP) is 2.79. The molecule has 5 atom stereocenters. The zero-order valence-electron chi connectivity index (χ0n) is 11.4. The lowest BCUT2D eigenvalue weighted by Gasteiger charge is -2.22. The molecule has 0 aromatic rings. The third-order valence-electron chi connectivity index (χ3n) is 4.23. The number of rotatable bonds is 5. The van der Waals surface area contributed by atoms with Crippen LogP contribution in [0.3, 0.4) is 0 Å². The van der Waals surface area contributed by atoms with E-state index in [1.807, 2.05) is 6.92 Å². The number of nitrogens with one attached hydrogen (secondary N) is 1. The Morgan fingerprint density at radius 2 is 1.94 bits per heavy atom. The summed E-state index contributed by atoms with van der Waals surface area (Å²) in [4.78, 5) is 11.8. The van der Waals surface area contributed by atoms with Gasteiger partial charge in [-0.15, -0.1) is 0 Å². The molecule has 94 valence electrons. The van der Waals surface area contributed by atoms with Gasteiger partial charge in [-0.2, -0.15) is 0 Å². The van der Waals surface area contributed by atoms with Gasteiger partial charge in [0.05, 0.1) is 6.54 Å². The van der Waals surface area contributed by atoms with Crippen molar-refractivity contribution in [2.24, 2.45) is 17.8 Å². The lowest BCUT2D eigenvalue weighted by molar-refractivity contribution is -0.603. The Morgan fingerprint density at radius 1 is 1.31 bits per heavy atom. The molecule has 16 heavy (non-hydrogen) atoms. The van der Waals surface area contributed by atoms with Crippen molar-refractivity contribution in [2.45, 2.75) is 59.7 Å². The Bertz CT molecular complexity index is 242. The minimum Gasteiger partial charge on any atom is -0.249 e. The molecule has 0 amide bonds. The van der Waals surface area contributed by atoms with Gasteiger partial charge in [0, 0.05) is 22.5 Å². The molecule has 1 saturated heterocycles. The fraction of sp³-hybridized carbons (Fsp3) is 1.00. The molecule has 3 heteroatoms. The maximum absolute atomic E-state index is 11.8. The van der Waals surface area contributed by atoms with Crippen molar-refractivity contribution in [3.05, 3.63) is 4.91 Å². The standard InChI is InChI=1S/C13H27N2O/c1-6-9(2)10(3)7-11(4)13-14-8-12(5)15(13)16/h9-14H,6-8H2,1-5H3/q+1. The second-order valence-electron chi connectivity index (χ2n) is 5.64. The van der Waals surface area contributed by atoms with Crippen molar-refractivity contribution in [1.82, 2.24) is 5.32 Å². The minimum atomic E-state index is 0.0292. The Labute approximate surface area is 99.6 Å². The van der Waals surface area contributed by atoms with Crippen LogP contribution in [0.25, 0.3) is 0 Å². The number of nitrogens with zero attached hydrogens (tertiary/aromatic N) is 1. The topological polar surface area (TPSA) is 32.1 Å². The summed E-state index contributed by atoms with van der Waals surface area (Å²) in [6.45, 7) is 11.9. The van der Waals surface area contributed by atoms with Crippen LogP contribution in [0, 0.1) is 22.7 Å². The summed E-state index contributed by atoms with van der Waals surface area (Å²) in [6, 6.07) is 0.131. The molecule has 1 aliphatic heterocycles. The number of nitroso groups, excluding NO2 is 1. The molecule has 1 rings (SSSR count). The summed E-state index contributed by atoms with van der Waals surface area (Å²) in [5.41, 5.74) is 0. The maximum atomic E-state index is 11.8. The highest BCUT2D eigenvalue weighted by molar-refractivity contribution is 4.74. The fourth-order valence-corrected chi connectivity index (χ4v) is 2.55. The number of hydrogen-bond donors (Lipinski definition) is 1. The Morgan fingerprint density at radius 3 is 2.38 bits per heavy atom. The van der Waals surface area contributed by atoms with Crippen molar-refractivity contribution in [1.29, 1.82) is 0 Å². The molecule has 0 aliphatic carbocycles. The smallest absolute Gasteiger partial charge is 0.249 e. The van der Waals surface area contributed by atoms with Crippen LogP contribution < -0.4 is 5.32 Å². The largest absolute Gasteiger partial charge is 0.257 e. The predicted molar refractivity (Wildman–Crippen MR) is 67.3 cm³/mol. The van der Waals surface area contributed by atoms with Gasteiger partial charge in [-0.25, -0.2) is 5.32 Å². The first-order chi connectivity index (χ1) is 7.47. The molecule has 0 radical (unpaired) electrons. The summed E-state index contributed by atoms with van der Waals surface area (Å²) in [6.07, 6.45) is 2.39. The third kappa shape index (κ3) is 3.03. The highest BCUT2D eigenvalue weighted by Gasteiger charge is 2.42. The van der Waals surface area contributed by atoms with E-state index in [0.717, 1.165) is 18.9 Å². The molecule has 0 saturated carbocycles. The van der Waals surface area contributed by atoms with Gasteiger partial charge in [0.25, 0.3) is 6.17 Å². The molecule has 1 fully saturated rings. The van der Waals surface area contributed by atoms with Gasteiger partial charge >= 0.3 is 0 Å². The second-order valence-corrected chi connectivity index (χ2v) is 5.64. The monoisotopic (exact) mass is 227 g/mol. The molecular formula is C13H27N2O+. The molecular weight excluding hydrogens is 200 g/mol. The van der Waals surface area contributed by atoms with Crippen LogP contribution in [0.2, 0.25) is 0 Å². The molecule has 5 unspecified atom stereocenters. The Balaban J connectivity index is 2.46. The van der Waals surface area contributed by atoms with Crippen LogP contribution >= 0.6 is 0 Å². The molecule has 1 aliphatic rings. The quantitative estimate of drug-likeness (QED) is 0.732. The average molecular weight is 227 g/mol. The van der Waals surface area contributed by atoms with E-state index in [-0.39, 0.29) is 12.2 Å². The normalized spacial score (nSPS) is 31.4. The Kier molecular flexibility index (Phi) is 4.90. The van der Waals surface area contributed by atoms with E-state index in [4.69, 9.17) is 0 Å². The van der Waals surface area contributed by atoms with Crippen LogP contribution in [-0.4, -0.2) is 23.5 Å². The molecule has 0 aromatic carbocycles. The first-order valence-electron chi connectivity index (χ1n) is 6.66. The Hall–Kier alpha value is -0.440. The fourth-order valence-electron chi connectivity index (χ4n) is 2.55. The van der Waals surface area contributed by atoms with Crippen molar-refractivity contribution in [2.75, 3.05) is 6.54 Å². The van der Waals surface area contributed by atoms with E-state index in [0.29, 0.717) is 11.8 Å². The first kappa shape index (κ1) is 13.6. The average Bonchev–Trinajstić information content (AvgIpc) is 2.58. The van der Waals surface area contributed by atoms with E-state index < -0.39 is 0 Å². The van der Waals surface area contributed by atoms with Crippen LogP contribution in [0.1, 0.15) is 47.5 Å². The van der Waals surface area contributed by atoms with E-state index in [9.17, 15) is 4.91 Å². The van der Waals surface area contributed by atoms with E-state index in [1.54, 1.807) is 0 Å². The van der Waals surface area contributed by atoms with E-state index >= 15 is 0 Å². The highest BCUT2D eigenvalue weighted by Crippen LogP contribution is 2.25. The van der Waals surface area contributed by atoms with Crippen LogP contribution in [0.15, 0.2) is 0 Å². The summed E-state index contributed by atoms with van der Waals surface area (Å²) in [5, 5.41) is 3.33. The van der Waals surface area contributed by atoms with Crippen molar-refractivity contribution in [3.8, 4) is 0 Å². The molecule has 1 heterocycles. The van der Waals surface area contributed by atoms with Crippen LogP contribution in [0.4, 0.5) is 0 Å². The summed E-state index contributed by atoms with van der Waals surface area (Å²) < 4.78 is 1.24. The lowest BCUT2D eigenvalue weighted by atomic mass is 9.85. The van der Waals surface area contributed by atoms with Crippen LogP contribution in [0.5, 0.6) is 0 Å². The summed E-state index contributed by atoms with van der Waals surface area (Å²) in [7, 11) is 0. The van der Waals surface area contributed by atoms with Crippen molar-refractivity contribution >= 4 is 0 Å². The van der Waals surface area contributed by atoms with Crippen molar-refractivity contribution < 1.29 is 4.76 Å². The third-order valence-corrected chi connectivity index (χ3v) is 4.23. The van der Waals surface area contributed by atoms with Gasteiger partial charge in [0.1, 0.15) is 0 Å². The molecule has 0 spiro atoms. The van der Waals surface area contributed by atoms with Crippen molar-refractivity contribution in [3.63, 3.8) is 0 Å². The lowest BCUT2D eigenvalue weighted by Crippen LogP contribution is -2.36. The molecule has 0 bridgehead atoms. The van der Waals surface area contributed by atoms with Gasteiger partial charge in [0.2, 0.25) is 6.04 Å². The molecule has 1 N–H and O–H groups in total. The molecule has 3 nitrogen and oxygen atoms in total. The summed E-state index contributed by atoms with van der Waals surface area (Å²) in [5.74, 6) is 1.89. The minimum absolute atomic E-state index is 0.0292.